The third-order valence-corrected chi connectivity index (χ3v) is 5.32. The Kier molecular flexibility index (Phi) is 6.33. The monoisotopic (exact) mass is 364 g/mol. The maximum Gasteiger partial charge on any atom is 0.137 e. The van der Waals surface area contributed by atoms with Crippen molar-refractivity contribution in [1.82, 2.24) is 0 Å². The van der Waals surface area contributed by atoms with E-state index in [2.05, 4.69) is 18.7 Å². The first kappa shape index (κ1) is 19.2. The van der Waals surface area contributed by atoms with Gasteiger partial charge in [0.1, 0.15) is 17.3 Å². The normalized spacial score (nSPS) is 15.6. The number of carbonyl (C=O) groups is 1. The van der Waals surface area contributed by atoms with Crippen LogP contribution in [0.4, 0.5) is 0 Å². The van der Waals surface area contributed by atoms with Gasteiger partial charge in [-0.25, -0.2) is 0 Å². The quantitative estimate of drug-likeness (QED) is 0.688. The Labute approximate surface area is 162 Å². The standard InChI is InChI=1S/C12H14O2.C12H14O/c1-14-12-6-5-10-7-11(13)4-2-3-9(10)8-12;1-9-4-3-5-10-8-11(13-2)6-7-12(9)10/h5-6,8H,2-4,7H2,1H3;6-8H,1,3-5H2,2H3. The van der Waals surface area contributed by atoms with Crippen LogP contribution in [0.15, 0.2) is 43.0 Å². The van der Waals surface area contributed by atoms with E-state index in [9.17, 15) is 4.79 Å². The lowest BCUT2D eigenvalue weighted by molar-refractivity contribution is -0.118. The molecule has 2 aromatic rings. The molecule has 27 heavy (non-hydrogen) atoms. The maximum atomic E-state index is 11.4. The fourth-order valence-corrected chi connectivity index (χ4v) is 3.79. The van der Waals surface area contributed by atoms with Crippen molar-refractivity contribution in [2.45, 2.75) is 44.9 Å². The largest absolute Gasteiger partial charge is 0.497 e. The van der Waals surface area contributed by atoms with Crippen molar-refractivity contribution in [2.75, 3.05) is 14.2 Å². The van der Waals surface area contributed by atoms with Crippen LogP contribution in [0.25, 0.3) is 5.57 Å². The topological polar surface area (TPSA) is 35.5 Å². The summed E-state index contributed by atoms with van der Waals surface area (Å²) < 4.78 is 10.3. The summed E-state index contributed by atoms with van der Waals surface area (Å²) in [6, 6.07) is 12.2. The smallest absolute Gasteiger partial charge is 0.137 e. The molecule has 0 heterocycles. The third kappa shape index (κ3) is 4.79. The lowest BCUT2D eigenvalue weighted by Crippen LogP contribution is -2.01. The molecule has 0 aromatic heterocycles. The Hall–Kier alpha value is -2.55. The molecule has 0 atom stereocenters. The summed E-state index contributed by atoms with van der Waals surface area (Å²) in [6.45, 7) is 4.07. The number of ether oxygens (including phenoxy) is 2. The third-order valence-electron chi connectivity index (χ3n) is 5.32. The van der Waals surface area contributed by atoms with Gasteiger partial charge >= 0.3 is 0 Å². The molecule has 2 aliphatic carbocycles. The van der Waals surface area contributed by atoms with Gasteiger partial charge in [-0.3, -0.25) is 4.79 Å². The zero-order chi connectivity index (χ0) is 19.2. The summed E-state index contributed by atoms with van der Waals surface area (Å²) in [6.07, 6.45) is 6.80. The minimum Gasteiger partial charge on any atom is -0.497 e. The fourth-order valence-electron chi connectivity index (χ4n) is 3.79. The summed E-state index contributed by atoms with van der Waals surface area (Å²) >= 11 is 0. The van der Waals surface area contributed by atoms with Crippen molar-refractivity contribution >= 4 is 11.4 Å². The Morgan fingerprint density at radius 3 is 2.15 bits per heavy atom. The van der Waals surface area contributed by atoms with Gasteiger partial charge in [0.25, 0.3) is 0 Å². The highest BCUT2D eigenvalue weighted by molar-refractivity contribution is 5.81. The first-order valence-electron chi connectivity index (χ1n) is 9.63. The predicted molar refractivity (Wildman–Crippen MR) is 110 cm³/mol. The van der Waals surface area contributed by atoms with Crippen molar-refractivity contribution in [2.24, 2.45) is 0 Å². The number of ketones is 1. The molecule has 142 valence electrons. The lowest BCUT2D eigenvalue weighted by atomic mass is 9.88. The van der Waals surface area contributed by atoms with E-state index in [1.54, 1.807) is 14.2 Å². The van der Waals surface area contributed by atoms with Gasteiger partial charge in [-0.15, -0.1) is 0 Å². The number of hydrogen-bond donors (Lipinski definition) is 0. The molecule has 3 nitrogen and oxygen atoms in total. The SMILES string of the molecule is C=C1CCCc2cc(OC)ccc21.COc1ccc2c(c1)CCCC(=O)C2. The zero-order valence-electron chi connectivity index (χ0n) is 16.3. The average molecular weight is 364 g/mol. The molecule has 4 rings (SSSR count). The molecule has 0 unspecified atom stereocenters. The van der Waals surface area contributed by atoms with Crippen LogP contribution in [-0.4, -0.2) is 20.0 Å². The van der Waals surface area contributed by atoms with E-state index in [0.29, 0.717) is 12.2 Å². The molecule has 2 aromatic carbocycles. The van der Waals surface area contributed by atoms with Crippen molar-refractivity contribution in [1.29, 1.82) is 0 Å². The number of benzene rings is 2. The molecule has 0 saturated heterocycles. The number of carbonyl (C=O) groups excluding carboxylic acids is 1. The van der Waals surface area contributed by atoms with Gasteiger partial charge in [-0.05, 0) is 84.2 Å². The van der Waals surface area contributed by atoms with Gasteiger partial charge in [0.05, 0.1) is 14.2 Å². The van der Waals surface area contributed by atoms with Gasteiger partial charge in [0, 0.05) is 12.8 Å². The summed E-state index contributed by atoms with van der Waals surface area (Å²) in [4.78, 5) is 11.4. The second kappa shape index (κ2) is 8.90. The molecule has 0 bridgehead atoms. The molecular weight excluding hydrogens is 336 g/mol. The molecule has 3 heteroatoms. The number of hydrogen-bond acceptors (Lipinski definition) is 3. The van der Waals surface area contributed by atoms with Crippen molar-refractivity contribution in [3.63, 3.8) is 0 Å². The minimum atomic E-state index is 0.355. The lowest BCUT2D eigenvalue weighted by Gasteiger charge is -2.18. The molecule has 0 spiro atoms. The van der Waals surface area contributed by atoms with E-state index in [1.807, 2.05) is 24.3 Å². The van der Waals surface area contributed by atoms with Crippen molar-refractivity contribution in [3.8, 4) is 11.5 Å². The molecule has 0 radical (unpaired) electrons. The second-order valence-corrected chi connectivity index (χ2v) is 7.18. The first-order chi connectivity index (χ1) is 13.1. The number of allylic oxidation sites excluding steroid dienone is 1. The zero-order valence-corrected chi connectivity index (χ0v) is 16.3. The first-order valence-corrected chi connectivity index (χ1v) is 9.63. The number of methoxy groups -OCH3 is 2. The van der Waals surface area contributed by atoms with Crippen molar-refractivity contribution in [3.05, 3.63) is 65.2 Å². The van der Waals surface area contributed by atoms with Gasteiger partial charge < -0.3 is 9.47 Å². The predicted octanol–water partition coefficient (Wildman–Crippen LogP) is 5.19. The minimum absolute atomic E-state index is 0.355. The van der Waals surface area contributed by atoms with Crippen molar-refractivity contribution < 1.29 is 14.3 Å². The van der Waals surface area contributed by atoms with Crippen LogP contribution in [0.1, 0.15) is 47.9 Å². The summed E-state index contributed by atoms with van der Waals surface area (Å²) in [5.41, 5.74) is 6.43. The Morgan fingerprint density at radius 2 is 1.41 bits per heavy atom. The van der Waals surface area contributed by atoms with Crippen LogP contribution in [0.5, 0.6) is 11.5 Å². The van der Waals surface area contributed by atoms with Crippen LogP contribution in [0.2, 0.25) is 0 Å². The highest BCUT2D eigenvalue weighted by Gasteiger charge is 2.14. The molecule has 0 N–H and O–H groups in total. The van der Waals surface area contributed by atoms with Gasteiger partial charge in [0.2, 0.25) is 0 Å². The Morgan fingerprint density at radius 1 is 0.778 bits per heavy atom. The van der Waals surface area contributed by atoms with Crippen LogP contribution >= 0.6 is 0 Å². The number of Topliss-reactive ketones (excluding diaryl/α,β-unsaturated/α-hetero) is 1. The molecule has 0 saturated carbocycles. The Bertz CT molecular complexity index is 836. The van der Waals surface area contributed by atoms with Crippen LogP contribution in [0.3, 0.4) is 0 Å². The fraction of sp³-hybridized carbons (Fsp3) is 0.375. The van der Waals surface area contributed by atoms with E-state index in [4.69, 9.17) is 9.47 Å². The number of fused-ring (bicyclic) bond motifs is 2. The molecule has 2 aliphatic rings. The van der Waals surface area contributed by atoms with Gasteiger partial charge in [0.15, 0.2) is 0 Å². The maximum absolute atomic E-state index is 11.4. The van der Waals surface area contributed by atoms with Crippen LogP contribution < -0.4 is 9.47 Å². The molecular formula is C24H28O3. The summed E-state index contributed by atoms with van der Waals surface area (Å²) in [5, 5.41) is 0. The summed E-state index contributed by atoms with van der Waals surface area (Å²) in [7, 11) is 3.38. The van der Waals surface area contributed by atoms with Gasteiger partial charge in [-0.2, -0.15) is 0 Å². The van der Waals surface area contributed by atoms with E-state index < -0.39 is 0 Å². The highest BCUT2D eigenvalue weighted by atomic mass is 16.5. The molecule has 0 amide bonds. The molecule has 0 aliphatic heterocycles. The van der Waals surface area contributed by atoms with Gasteiger partial charge in [-0.1, -0.05) is 18.7 Å². The van der Waals surface area contributed by atoms with E-state index >= 15 is 0 Å². The van der Waals surface area contributed by atoms with Crippen LogP contribution in [-0.2, 0) is 24.1 Å². The highest BCUT2D eigenvalue weighted by Crippen LogP contribution is 2.31. The summed E-state index contributed by atoms with van der Waals surface area (Å²) in [5.74, 6) is 2.19. The number of aryl methyl sites for hydroxylation is 2. The van der Waals surface area contributed by atoms with E-state index in [-0.39, 0.29) is 0 Å². The Balaban J connectivity index is 0.000000156. The second-order valence-electron chi connectivity index (χ2n) is 7.18. The average Bonchev–Trinajstić information content (AvgIpc) is 2.88. The molecule has 0 fully saturated rings. The van der Waals surface area contributed by atoms with Crippen LogP contribution in [0, 0.1) is 0 Å². The number of rotatable bonds is 2. The van der Waals surface area contributed by atoms with E-state index in [1.165, 1.54) is 34.2 Å². The van der Waals surface area contributed by atoms with E-state index in [0.717, 1.165) is 43.6 Å².